The number of nitrogens with two attached hydrogens (primary N) is 1. The summed E-state index contributed by atoms with van der Waals surface area (Å²) in [5, 5.41) is 2.93. The zero-order valence-electron chi connectivity index (χ0n) is 12.0. The summed E-state index contributed by atoms with van der Waals surface area (Å²) in [5.41, 5.74) is 3.88. The SMILES string of the molecule is C.CC(C)(F)c1nc(N)nc(NCCOc2ccccc2)n1. The molecule has 6 nitrogen and oxygen atoms in total. The Morgan fingerprint density at radius 2 is 1.86 bits per heavy atom. The van der Waals surface area contributed by atoms with Gasteiger partial charge >= 0.3 is 0 Å². The summed E-state index contributed by atoms with van der Waals surface area (Å²) in [6.45, 7) is 3.61. The van der Waals surface area contributed by atoms with Gasteiger partial charge in [-0.2, -0.15) is 15.0 Å². The summed E-state index contributed by atoms with van der Waals surface area (Å²) in [6, 6.07) is 9.43. The summed E-state index contributed by atoms with van der Waals surface area (Å²) in [5.74, 6) is 0.999. The van der Waals surface area contributed by atoms with Gasteiger partial charge in [0.05, 0.1) is 6.54 Å². The molecule has 22 heavy (non-hydrogen) atoms. The first kappa shape index (κ1) is 17.6. The number of nitrogens with one attached hydrogen (secondary N) is 1. The first-order chi connectivity index (χ1) is 9.95. The summed E-state index contributed by atoms with van der Waals surface area (Å²) in [6.07, 6.45) is 0. The van der Waals surface area contributed by atoms with Crippen molar-refractivity contribution in [3.8, 4) is 5.75 Å². The normalized spacial score (nSPS) is 10.7. The van der Waals surface area contributed by atoms with E-state index >= 15 is 0 Å². The summed E-state index contributed by atoms with van der Waals surface area (Å²) in [4.78, 5) is 11.7. The Bertz CT molecular complexity index is 586. The van der Waals surface area contributed by atoms with Crippen LogP contribution in [0.5, 0.6) is 5.75 Å². The molecule has 3 N–H and O–H groups in total. The molecule has 0 bridgehead atoms. The van der Waals surface area contributed by atoms with Crippen LogP contribution in [0.4, 0.5) is 16.3 Å². The number of nitrogens with zero attached hydrogens (tertiary/aromatic N) is 3. The molecular weight excluding hydrogens is 285 g/mol. The molecule has 0 radical (unpaired) electrons. The molecule has 0 spiro atoms. The van der Waals surface area contributed by atoms with E-state index in [1.165, 1.54) is 13.8 Å². The molecule has 0 amide bonds. The molecule has 2 aromatic rings. The highest BCUT2D eigenvalue weighted by atomic mass is 19.1. The van der Waals surface area contributed by atoms with Crippen LogP contribution in [0.2, 0.25) is 0 Å². The van der Waals surface area contributed by atoms with Gasteiger partial charge in [0, 0.05) is 0 Å². The number of para-hydroxylation sites is 1. The van der Waals surface area contributed by atoms with E-state index in [0.29, 0.717) is 13.2 Å². The smallest absolute Gasteiger partial charge is 0.227 e. The van der Waals surface area contributed by atoms with Crippen LogP contribution in [-0.2, 0) is 5.67 Å². The molecule has 0 aliphatic carbocycles. The van der Waals surface area contributed by atoms with Gasteiger partial charge in [0.2, 0.25) is 11.9 Å². The van der Waals surface area contributed by atoms with Gasteiger partial charge < -0.3 is 15.8 Å². The Balaban J connectivity index is 0.00000242. The van der Waals surface area contributed by atoms with Gasteiger partial charge in [-0.25, -0.2) is 4.39 Å². The van der Waals surface area contributed by atoms with Crippen LogP contribution in [0.3, 0.4) is 0 Å². The Morgan fingerprint density at radius 3 is 2.50 bits per heavy atom. The van der Waals surface area contributed by atoms with E-state index in [9.17, 15) is 4.39 Å². The van der Waals surface area contributed by atoms with Crippen LogP contribution in [-0.4, -0.2) is 28.1 Å². The van der Waals surface area contributed by atoms with E-state index in [1.54, 1.807) is 0 Å². The van der Waals surface area contributed by atoms with E-state index in [4.69, 9.17) is 10.5 Å². The molecule has 0 saturated carbocycles. The lowest BCUT2D eigenvalue weighted by Gasteiger charge is -2.14. The van der Waals surface area contributed by atoms with Crippen molar-refractivity contribution in [2.24, 2.45) is 0 Å². The largest absolute Gasteiger partial charge is 0.492 e. The fourth-order valence-electron chi connectivity index (χ4n) is 1.59. The average Bonchev–Trinajstić information content (AvgIpc) is 2.43. The number of nitrogen functional groups attached to an aromatic ring is 1. The number of ether oxygens (including phenoxy) is 1. The van der Waals surface area contributed by atoms with Crippen LogP contribution in [0.1, 0.15) is 27.1 Å². The number of rotatable bonds is 6. The predicted octanol–water partition coefficient (Wildman–Crippen LogP) is 2.79. The molecule has 2 rings (SSSR count). The molecule has 1 aromatic carbocycles. The average molecular weight is 307 g/mol. The minimum atomic E-state index is -1.67. The second kappa shape index (κ2) is 7.53. The number of benzene rings is 1. The van der Waals surface area contributed by atoms with Gasteiger partial charge in [0.1, 0.15) is 12.4 Å². The first-order valence-electron chi connectivity index (χ1n) is 6.58. The molecule has 0 fully saturated rings. The monoisotopic (exact) mass is 307 g/mol. The minimum Gasteiger partial charge on any atom is -0.492 e. The summed E-state index contributed by atoms with van der Waals surface area (Å²) < 4.78 is 19.3. The van der Waals surface area contributed by atoms with Crippen LogP contribution >= 0.6 is 0 Å². The van der Waals surface area contributed by atoms with Crippen molar-refractivity contribution in [3.05, 3.63) is 36.2 Å². The number of alkyl halides is 1. The van der Waals surface area contributed by atoms with Gasteiger partial charge in [-0.05, 0) is 26.0 Å². The number of hydrogen-bond acceptors (Lipinski definition) is 6. The number of hydrogen-bond donors (Lipinski definition) is 2. The molecular formula is C15H22FN5O. The highest BCUT2D eigenvalue weighted by molar-refractivity contribution is 5.32. The van der Waals surface area contributed by atoms with Crippen molar-refractivity contribution in [1.29, 1.82) is 0 Å². The van der Waals surface area contributed by atoms with Crippen molar-refractivity contribution in [3.63, 3.8) is 0 Å². The third-order valence-electron chi connectivity index (χ3n) is 2.58. The van der Waals surface area contributed by atoms with Crippen molar-refractivity contribution in [2.75, 3.05) is 24.2 Å². The first-order valence-corrected chi connectivity index (χ1v) is 6.58. The highest BCUT2D eigenvalue weighted by Crippen LogP contribution is 2.21. The third-order valence-corrected chi connectivity index (χ3v) is 2.58. The lowest BCUT2D eigenvalue weighted by atomic mass is 10.1. The molecule has 0 saturated heterocycles. The Labute approximate surface area is 130 Å². The lowest BCUT2D eigenvalue weighted by molar-refractivity contribution is 0.206. The topological polar surface area (TPSA) is 86.0 Å². The Hall–Kier alpha value is -2.44. The van der Waals surface area contributed by atoms with Crippen LogP contribution in [0, 0.1) is 0 Å². The molecule has 0 atom stereocenters. The third kappa shape index (κ3) is 5.16. The maximum atomic E-state index is 13.8. The minimum absolute atomic E-state index is 0. The molecule has 120 valence electrons. The van der Waals surface area contributed by atoms with Crippen LogP contribution in [0.25, 0.3) is 0 Å². The molecule has 1 aromatic heterocycles. The number of halogens is 1. The van der Waals surface area contributed by atoms with Gasteiger partial charge in [0.15, 0.2) is 11.5 Å². The Kier molecular flexibility index (Phi) is 6.03. The molecule has 0 aliphatic rings. The zero-order chi connectivity index (χ0) is 15.3. The van der Waals surface area contributed by atoms with Gasteiger partial charge in [-0.1, -0.05) is 25.6 Å². The maximum Gasteiger partial charge on any atom is 0.227 e. The fraction of sp³-hybridized carbons (Fsp3) is 0.400. The number of anilines is 2. The van der Waals surface area contributed by atoms with Crippen molar-refractivity contribution in [1.82, 2.24) is 15.0 Å². The van der Waals surface area contributed by atoms with E-state index in [2.05, 4.69) is 20.3 Å². The van der Waals surface area contributed by atoms with E-state index in [-0.39, 0.29) is 25.1 Å². The van der Waals surface area contributed by atoms with Gasteiger partial charge in [-0.3, -0.25) is 0 Å². The standard InChI is InChI=1S/C14H18FN5O.CH4/c1-14(2,15)11-18-12(16)20-13(19-11)17-8-9-21-10-6-4-3-5-7-10;/h3-7H,8-9H2,1-2H3,(H3,16,17,18,19,20);1H4. The molecule has 7 heteroatoms. The molecule has 0 aliphatic heterocycles. The zero-order valence-corrected chi connectivity index (χ0v) is 12.0. The van der Waals surface area contributed by atoms with Crippen LogP contribution in [0.15, 0.2) is 30.3 Å². The van der Waals surface area contributed by atoms with E-state index in [0.717, 1.165) is 5.75 Å². The van der Waals surface area contributed by atoms with Crippen molar-refractivity contribution < 1.29 is 9.13 Å². The molecule has 0 unspecified atom stereocenters. The van der Waals surface area contributed by atoms with E-state index < -0.39 is 5.67 Å². The quantitative estimate of drug-likeness (QED) is 0.798. The summed E-state index contributed by atoms with van der Waals surface area (Å²) in [7, 11) is 0. The van der Waals surface area contributed by atoms with Crippen LogP contribution < -0.4 is 15.8 Å². The van der Waals surface area contributed by atoms with Gasteiger partial charge in [-0.15, -0.1) is 0 Å². The molecule has 1 heterocycles. The lowest BCUT2D eigenvalue weighted by Crippen LogP contribution is -2.20. The summed E-state index contributed by atoms with van der Waals surface area (Å²) >= 11 is 0. The predicted molar refractivity (Wildman–Crippen MR) is 85.5 cm³/mol. The van der Waals surface area contributed by atoms with Crippen molar-refractivity contribution in [2.45, 2.75) is 26.9 Å². The number of aromatic nitrogens is 3. The van der Waals surface area contributed by atoms with E-state index in [1.807, 2.05) is 30.3 Å². The van der Waals surface area contributed by atoms with Gasteiger partial charge in [0.25, 0.3) is 0 Å². The second-order valence-corrected chi connectivity index (χ2v) is 4.90. The van der Waals surface area contributed by atoms with Crippen molar-refractivity contribution >= 4 is 11.9 Å². The Morgan fingerprint density at radius 1 is 1.18 bits per heavy atom. The maximum absolute atomic E-state index is 13.8. The highest BCUT2D eigenvalue weighted by Gasteiger charge is 2.24. The fourth-order valence-corrected chi connectivity index (χ4v) is 1.59. The second-order valence-electron chi connectivity index (χ2n) is 4.90.